The van der Waals surface area contributed by atoms with E-state index >= 15 is 0 Å². The SMILES string of the molecule is Cl.O=C(Cc1ccccc1Cl)N1CCNCC1c1cccc(F)c1. The van der Waals surface area contributed by atoms with Gasteiger partial charge >= 0.3 is 0 Å². The van der Waals surface area contributed by atoms with E-state index in [2.05, 4.69) is 5.32 Å². The number of nitrogens with zero attached hydrogens (tertiary/aromatic N) is 1. The second-order valence-corrected chi connectivity index (χ2v) is 6.04. The molecule has 1 fully saturated rings. The van der Waals surface area contributed by atoms with E-state index in [9.17, 15) is 9.18 Å². The van der Waals surface area contributed by atoms with Crippen molar-refractivity contribution in [2.24, 2.45) is 0 Å². The second kappa shape index (κ2) is 8.47. The summed E-state index contributed by atoms with van der Waals surface area (Å²) in [7, 11) is 0. The number of hydrogen-bond acceptors (Lipinski definition) is 2. The molecule has 3 rings (SSSR count). The van der Waals surface area contributed by atoms with Crippen LogP contribution in [-0.2, 0) is 11.2 Å². The molecule has 2 aromatic rings. The number of amides is 1. The van der Waals surface area contributed by atoms with Crippen molar-refractivity contribution in [3.05, 3.63) is 70.5 Å². The van der Waals surface area contributed by atoms with Gasteiger partial charge in [-0.2, -0.15) is 0 Å². The van der Waals surface area contributed by atoms with Crippen LogP contribution in [0.1, 0.15) is 17.2 Å². The van der Waals surface area contributed by atoms with Crippen molar-refractivity contribution < 1.29 is 9.18 Å². The number of carbonyl (C=O) groups excluding carboxylic acids is 1. The quantitative estimate of drug-likeness (QED) is 0.897. The van der Waals surface area contributed by atoms with Crippen LogP contribution in [0.3, 0.4) is 0 Å². The molecule has 0 radical (unpaired) electrons. The van der Waals surface area contributed by atoms with Gasteiger partial charge in [0.15, 0.2) is 0 Å². The largest absolute Gasteiger partial charge is 0.333 e. The van der Waals surface area contributed by atoms with Gasteiger partial charge in [-0.3, -0.25) is 4.79 Å². The maximum Gasteiger partial charge on any atom is 0.227 e. The molecule has 24 heavy (non-hydrogen) atoms. The summed E-state index contributed by atoms with van der Waals surface area (Å²) in [6, 6.07) is 13.6. The zero-order valence-corrected chi connectivity index (χ0v) is 14.6. The molecule has 1 aliphatic heterocycles. The van der Waals surface area contributed by atoms with Crippen molar-refractivity contribution in [1.29, 1.82) is 0 Å². The Morgan fingerprint density at radius 3 is 2.79 bits per heavy atom. The predicted molar refractivity (Wildman–Crippen MR) is 96.1 cm³/mol. The van der Waals surface area contributed by atoms with Crippen molar-refractivity contribution in [3.8, 4) is 0 Å². The third-order valence-electron chi connectivity index (χ3n) is 4.10. The van der Waals surface area contributed by atoms with Crippen molar-refractivity contribution in [2.45, 2.75) is 12.5 Å². The number of piperazine rings is 1. The van der Waals surface area contributed by atoms with Crippen LogP contribution in [0, 0.1) is 5.82 Å². The highest BCUT2D eigenvalue weighted by Crippen LogP contribution is 2.25. The van der Waals surface area contributed by atoms with Gasteiger partial charge in [0.1, 0.15) is 5.82 Å². The summed E-state index contributed by atoms with van der Waals surface area (Å²) in [5.74, 6) is -0.277. The third-order valence-corrected chi connectivity index (χ3v) is 4.47. The molecule has 0 saturated carbocycles. The maximum atomic E-state index is 13.5. The minimum Gasteiger partial charge on any atom is -0.333 e. The van der Waals surface area contributed by atoms with E-state index in [1.807, 2.05) is 29.2 Å². The van der Waals surface area contributed by atoms with Gasteiger partial charge in [-0.05, 0) is 29.3 Å². The van der Waals surface area contributed by atoms with E-state index in [4.69, 9.17) is 11.6 Å². The number of hydrogen-bond donors (Lipinski definition) is 1. The molecular weight excluding hydrogens is 350 g/mol. The molecule has 1 atom stereocenters. The smallest absolute Gasteiger partial charge is 0.227 e. The molecule has 3 nitrogen and oxygen atoms in total. The first-order chi connectivity index (χ1) is 11.1. The highest BCUT2D eigenvalue weighted by molar-refractivity contribution is 6.31. The molecule has 0 aromatic heterocycles. The normalized spacial score (nSPS) is 17.2. The molecule has 1 amide bonds. The number of benzene rings is 2. The number of carbonyl (C=O) groups is 1. The lowest BCUT2D eigenvalue weighted by atomic mass is 10.0. The molecule has 1 N–H and O–H groups in total. The number of halogens is 3. The number of rotatable bonds is 3. The summed E-state index contributed by atoms with van der Waals surface area (Å²) in [6.45, 7) is 1.96. The van der Waals surface area contributed by atoms with E-state index in [-0.39, 0.29) is 36.6 Å². The molecule has 0 bridgehead atoms. The fraction of sp³-hybridized carbons (Fsp3) is 0.278. The zero-order chi connectivity index (χ0) is 16.2. The molecule has 2 aromatic carbocycles. The Bertz CT molecular complexity index is 711. The average Bonchev–Trinajstić information content (AvgIpc) is 2.57. The first-order valence-corrected chi connectivity index (χ1v) is 8.02. The van der Waals surface area contributed by atoms with Crippen LogP contribution in [0.15, 0.2) is 48.5 Å². The zero-order valence-electron chi connectivity index (χ0n) is 13.0. The van der Waals surface area contributed by atoms with E-state index < -0.39 is 0 Å². The Labute approximate surface area is 152 Å². The van der Waals surface area contributed by atoms with Gasteiger partial charge in [-0.15, -0.1) is 12.4 Å². The standard InChI is InChI=1S/C18H18ClFN2O.ClH/c19-16-7-2-1-4-13(16)11-18(23)22-9-8-21-12-17(22)14-5-3-6-15(20)10-14;/h1-7,10,17,21H,8-9,11-12H2;1H. The summed E-state index contributed by atoms with van der Waals surface area (Å²) in [5, 5.41) is 3.87. The van der Waals surface area contributed by atoms with Crippen molar-refractivity contribution in [2.75, 3.05) is 19.6 Å². The Kier molecular flexibility index (Phi) is 6.60. The molecule has 0 spiro atoms. The summed E-state index contributed by atoms with van der Waals surface area (Å²) in [5.41, 5.74) is 1.63. The Morgan fingerprint density at radius 1 is 1.25 bits per heavy atom. The second-order valence-electron chi connectivity index (χ2n) is 5.63. The summed E-state index contributed by atoms with van der Waals surface area (Å²) < 4.78 is 13.5. The maximum absolute atomic E-state index is 13.5. The molecule has 1 unspecified atom stereocenters. The van der Waals surface area contributed by atoms with Gasteiger partial charge in [-0.1, -0.05) is 41.9 Å². The van der Waals surface area contributed by atoms with Gasteiger partial charge in [0.25, 0.3) is 0 Å². The Hall–Kier alpha value is -1.62. The Morgan fingerprint density at radius 2 is 2.04 bits per heavy atom. The van der Waals surface area contributed by atoms with Crippen LogP contribution in [-0.4, -0.2) is 30.4 Å². The lowest BCUT2D eigenvalue weighted by Crippen LogP contribution is -2.49. The van der Waals surface area contributed by atoms with Crippen LogP contribution in [0.5, 0.6) is 0 Å². The molecule has 6 heteroatoms. The molecule has 128 valence electrons. The summed E-state index contributed by atoms with van der Waals surface area (Å²) in [4.78, 5) is 14.5. The van der Waals surface area contributed by atoms with Crippen LogP contribution < -0.4 is 5.32 Å². The highest BCUT2D eigenvalue weighted by atomic mass is 35.5. The van der Waals surface area contributed by atoms with E-state index in [0.29, 0.717) is 18.1 Å². The summed E-state index contributed by atoms with van der Waals surface area (Å²) >= 11 is 6.15. The van der Waals surface area contributed by atoms with Crippen molar-refractivity contribution in [3.63, 3.8) is 0 Å². The fourth-order valence-electron chi connectivity index (χ4n) is 2.92. The monoisotopic (exact) mass is 368 g/mol. The molecular formula is C18H19Cl2FN2O. The minimum atomic E-state index is -0.286. The molecule has 0 aliphatic carbocycles. The van der Waals surface area contributed by atoms with Gasteiger partial charge in [0.05, 0.1) is 12.5 Å². The molecule has 1 aliphatic rings. The van der Waals surface area contributed by atoms with Crippen molar-refractivity contribution >= 4 is 29.9 Å². The highest BCUT2D eigenvalue weighted by Gasteiger charge is 2.28. The molecule has 1 heterocycles. The summed E-state index contributed by atoms with van der Waals surface area (Å²) in [6.07, 6.45) is 0.255. The van der Waals surface area contributed by atoms with Crippen molar-refractivity contribution in [1.82, 2.24) is 10.2 Å². The fourth-order valence-corrected chi connectivity index (χ4v) is 3.12. The van der Waals surface area contributed by atoms with Crippen LogP contribution >= 0.6 is 24.0 Å². The van der Waals surface area contributed by atoms with Gasteiger partial charge in [0.2, 0.25) is 5.91 Å². The average molecular weight is 369 g/mol. The van der Waals surface area contributed by atoms with Crippen LogP contribution in [0.2, 0.25) is 5.02 Å². The molecule has 1 saturated heterocycles. The lowest BCUT2D eigenvalue weighted by Gasteiger charge is -2.36. The Balaban J connectivity index is 0.00000208. The topological polar surface area (TPSA) is 32.3 Å². The third kappa shape index (κ3) is 4.26. The van der Waals surface area contributed by atoms with E-state index in [0.717, 1.165) is 17.7 Å². The van der Waals surface area contributed by atoms with Gasteiger partial charge < -0.3 is 10.2 Å². The first-order valence-electron chi connectivity index (χ1n) is 7.64. The van der Waals surface area contributed by atoms with E-state index in [1.54, 1.807) is 12.1 Å². The lowest BCUT2D eigenvalue weighted by molar-refractivity contribution is -0.133. The van der Waals surface area contributed by atoms with Crippen LogP contribution in [0.4, 0.5) is 4.39 Å². The van der Waals surface area contributed by atoms with Gasteiger partial charge in [0, 0.05) is 24.7 Å². The van der Waals surface area contributed by atoms with Crippen LogP contribution in [0.25, 0.3) is 0 Å². The number of nitrogens with one attached hydrogen (secondary N) is 1. The van der Waals surface area contributed by atoms with Gasteiger partial charge in [-0.25, -0.2) is 4.39 Å². The van der Waals surface area contributed by atoms with E-state index in [1.165, 1.54) is 12.1 Å². The predicted octanol–water partition coefficient (Wildman–Crippen LogP) is 3.62. The first kappa shape index (κ1) is 18.7. The minimum absolute atomic E-state index is 0.